The lowest BCUT2D eigenvalue weighted by atomic mass is 10.2. The maximum Gasteiger partial charge on any atom is 0.423 e. The van der Waals surface area contributed by atoms with Gasteiger partial charge in [-0.25, -0.2) is 4.79 Å². The van der Waals surface area contributed by atoms with Crippen molar-refractivity contribution in [3.63, 3.8) is 0 Å². The van der Waals surface area contributed by atoms with Crippen LogP contribution >= 0.6 is 7.82 Å². The molecule has 3 atom stereocenters. The Labute approximate surface area is 130 Å². The van der Waals surface area contributed by atoms with E-state index in [9.17, 15) is 42.2 Å². The number of H-pyrrole nitrogens is 1. The Kier molecular flexibility index (Phi) is 5.04. The number of alkyl halides is 3. The number of aromatic nitrogens is 2. The van der Waals surface area contributed by atoms with Gasteiger partial charge in [0.05, 0.1) is 20.5 Å². The van der Waals surface area contributed by atoms with E-state index < -0.39 is 55.9 Å². The lowest BCUT2D eigenvalue weighted by Crippen LogP contribution is -2.36. The molecule has 1 aliphatic rings. The fourth-order valence-electron chi connectivity index (χ4n) is 2.10. The van der Waals surface area contributed by atoms with E-state index in [1.165, 1.54) is 4.98 Å². The quantitative estimate of drug-likeness (QED) is 0.576. The summed E-state index contributed by atoms with van der Waals surface area (Å²) in [4.78, 5) is 45.1. The van der Waals surface area contributed by atoms with Crippen molar-refractivity contribution in [3.8, 4) is 0 Å². The first-order valence-electron chi connectivity index (χ1n) is 6.31. The van der Waals surface area contributed by atoms with E-state index in [1.807, 2.05) is 0 Å². The Balaban J connectivity index is 2.26. The number of halogens is 3. The Morgan fingerprint density at radius 3 is 2.62 bits per heavy atom. The number of rotatable bonds is 4. The minimum absolute atomic E-state index is 0.230. The van der Waals surface area contributed by atoms with Crippen molar-refractivity contribution in [2.75, 3.05) is 6.61 Å². The molecule has 0 amide bonds. The van der Waals surface area contributed by atoms with Crippen molar-refractivity contribution in [3.05, 3.63) is 32.6 Å². The van der Waals surface area contributed by atoms with Crippen LogP contribution in [0, 0.1) is 0 Å². The van der Waals surface area contributed by atoms with Crippen LogP contribution in [-0.2, 0) is 20.0 Å². The molecule has 1 saturated heterocycles. The lowest BCUT2D eigenvalue weighted by molar-refractivity contribution is -0.343. The third-order valence-corrected chi connectivity index (χ3v) is 3.65. The zero-order valence-electron chi connectivity index (χ0n) is 11.6. The Morgan fingerprint density at radius 2 is 2.08 bits per heavy atom. The molecule has 0 saturated carbocycles. The van der Waals surface area contributed by atoms with Crippen LogP contribution in [0.25, 0.3) is 0 Å². The first-order valence-corrected chi connectivity index (χ1v) is 7.77. The fourth-order valence-corrected chi connectivity index (χ4v) is 2.43. The highest BCUT2D eigenvalue weighted by molar-refractivity contribution is 7.43. The summed E-state index contributed by atoms with van der Waals surface area (Å²) < 4.78 is 57.9. The molecule has 1 fully saturated rings. The summed E-state index contributed by atoms with van der Waals surface area (Å²) >= 11 is 0. The zero-order valence-corrected chi connectivity index (χ0v) is 12.5. The summed E-state index contributed by atoms with van der Waals surface area (Å²) in [5.41, 5.74) is -4.51. The molecule has 3 unspecified atom stereocenters. The van der Waals surface area contributed by atoms with Crippen LogP contribution in [0.5, 0.6) is 0 Å². The van der Waals surface area contributed by atoms with Crippen LogP contribution in [0.4, 0.5) is 13.2 Å². The van der Waals surface area contributed by atoms with E-state index in [4.69, 9.17) is 4.74 Å². The van der Waals surface area contributed by atoms with Gasteiger partial charge >= 0.3 is 11.9 Å². The molecule has 0 aromatic carbocycles. The van der Waals surface area contributed by atoms with Crippen LogP contribution in [0.3, 0.4) is 0 Å². The normalized spacial score (nSPS) is 25.2. The van der Waals surface area contributed by atoms with Crippen LogP contribution in [0.1, 0.15) is 18.2 Å². The molecule has 0 spiro atoms. The summed E-state index contributed by atoms with van der Waals surface area (Å²) in [6.07, 6.45) is -9.38. The second kappa shape index (κ2) is 6.43. The van der Waals surface area contributed by atoms with E-state index in [1.54, 1.807) is 0 Å². The van der Waals surface area contributed by atoms with Gasteiger partial charge in [0, 0.05) is 12.6 Å². The van der Waals surface area contributed by atoms with Crippen LogP contribution < -0.4 is 21.0 Å². The minimum Gasteiger partial charge on any atom is -0.790 e. The molecular weight excluding hydrogens is 364 g/mol. The molecule has 10 nitrogen and oxygen atoms in total. The summed E-state index contributed by atoms with van der Waals surface area (Å²) in [5, 5.41) is 9.68. The second-order valence-corrected chi connectivity index (χ2v) is 6.03. The largest absolute Gasteiger partial charge is 0.790 e. The van der Waals surface area contributed by atoms with Gasteiger partial charge in [0.15, 0.2) is 0 Å². The predicted molar refractivity (Wildman–Crippen MR) is 64.4 cm³/mol. The molecule has 0 aliphatic carbocycles. The van der Waals surface area contributed by atoms with Crippen LogP contribution in [0.15, 0.2) is 15.8 Å². The third kappa shape index (κ3) is 4.32. The summed E-state index contributed by atoms with van der Waals surface area (Å²) in [5.74, 6) is 0. The maximum atomic E-state index is 12.7. The van der Waals surface area contributed by atoms with E-state index in [0.29, 0.717) is 4.57 Å². The topological polar surface area (TPSA) is 157 Å². The summed E-state index contributed by atoms with van der Waals surface area (Å²) in [6, 6.07) is 0. The predicted octanol–water partition coefficient (Wildman–Crippen LogP) is -1.95. The second-order valence-electron chi connectivity index (χ2n) is 4.88. The van der Waals surface area contributed by atoms with Crippen molar-refractivity contribution in [2.45, 2.75) is 31.0 Å². The van der Waals surface area contributed by atoms with E-state index >= 15 is 0 Å². The molecule has 1 aliphatic heterocycles. The van der Waals surface area contributed by atoms with Crippen LogP contribution in [0.2, 0.25) is 0 Å². The maximum absolute atomic E-state index is 12.7. The van der Waals surface area contributed by atoms with Gasteiger partial charge in [0.1, 0.15) is 17.9 Å². The van der Waals surface area contributed by atoms with Crippen molar-refractivity contribution in [1.82, 2.24) is 9.55 Å². The van der Waals surface area contributed by atoms with Crippen LogP contribution in [-0.4, -0.2) is 33.5 Å². The first-order chi connectivity index (χ1) is 10.9. The molecule has 0 radical (unpaired) electrons. The van der Waals surface area contributed by atoms with Crippen molar-refractivity contribution < 1.29 is 41.9 Å². The van der Waals surface area contributed by atoms with E-state index in [-0.39, 0.29) is 12.6 Å². The van der Waals surface area contributed by atoms with Gasteiger partial charge in [-0.2, -0.15) is 13.2 Å². The highest BCUT2D eigenvalue weighted by Gasteiger charge is 2.39. The molecule has 2 N–H and O–H groups in total. The smallest absolute Gasteiger partial charge is 0.423 e. The molecule has 24 heavy (non-hydrogen) atoms. The average Bonchev–Trinajstić information content (AvgIpc) is 2.75. The standard InChI is InChI=1S/C10H12F3N2O8P/c11-10(12,13)4-2-15(9(18)14-8(4)17)7-1-5(16)6(23-7)3-22-24(19,20)21/h2,5-7,16H,1,3H2,(H,14,17,18)(H2,19,20,21)/p-2. The number of ether oxygens (including phenoxy) is 1. The Hall–Kier alpha value is -1.50. The number of nitrogens with zero attached hydrogens (tertiary/aromatic N) is 1. The van der Waals surface area contributed by atoms with E-state index in [2.05, 4.69) is 4.52 Å². The van der Waals surface area contributed by atoms with Gasteiger partial charge in [-0.3, -0.25) is 14.3 Å². The van der Waals surface area contributed by atoms with Gasteiger partial charge in [0.25, 0.3) is 5.56 Å². The van der Waals surface area contributed by atoms with Gasteiger partial charge in [-0.15, -0.1) is 0 Å². The van der Waals surface area contributed by atoms with E-state index in [0.717, 1.165) is 0 Å². The Bertz CT molecular complexity index is 769. The number of aromatic amines is 1. The number of phosphoric ester groups is 1. The van der Waals surface area contributed by atoms with Gasteiger partial charge in [0.2, 0.25) is 0 Å². The summed E-state index contributed by atoms with van der Waals surface area (Å²) in [6.45, 7) is -0.869. The molecule has 1 aromatic rings. The molecule has 0 bridgehead atoms. The Morgan fingerprint density at radius 1 is 1.46 bits per heavy atom. The fraction of sp³-hybridized carbons (Fsp3) is 0.600. The van der Waals surface area contributed by atoms with Gasteiger partial charge in [-0.1, -0.05) is 0 Å². The minimum atomic E-state index is -5.34. The molecule has 14 heteroatoms. The summed E-state index contributed by atoms with van der Waals surface area (Å²) in [7, 11) is -5.34. The highest BCUT2D eigenvalue weighted by Crippen LogP contribution is 2.33. The van der Waals surface area contributed by atoms with Crippen molar-refractivity contribution in [2.24, 2.45) is 0 Å². The first kappa shape index (κ1) is 18.8. The molecule has 1 aromatic heterocycles. The third-order valence-electron chi connectivity index (χ3n) is 3.18. The van der Waals surface area contributed by atoms with Gasteiger partial charge < -0.3 is 28.7 Å². The number of nitrogens with one attached hydrogen (secondary N) is 1. The molecule has 136 valence electrons. The number of hydrogen-bond acceptors (Lipinski definition) is 8. The number of hydrogen-bond donors (Lipinski definition) is 2. The lowest BCUT2D eigenvalue weighted by Gasteiger charge is -2.30. The molecule has 2 heterocycles. The number of phosphoric acid groups is 1. The SMILES string of the molecule is O=c1[nH]c(=O)n(C2CC(O)C(COP(=O)([O-])[O-])O2)cc1C(F)(F)F. The highest BCUT2D eigenvalue weighted by atomic mass is 31.2. The van der Waals surface area contributed by atoms with Crippen molar-refractivity contribution >= 4 is 7.82 Å². The van der Waals surface area contributed by atoms with Gasteiger partial charge in [-0.05, 0) is 0 Å². The molecular formula is C10H10F3N2O8P-2. The zero-order chi connectivity index (χ0) is 18.3. The average molecular weight is 374 g/mol. The number of aliphatic hydroxyl groups is 1. The van der Waals surface area contributed by atoms with Crippen molar-refractivity contribution in [1.29, 1.82) is 0 Å². The monoisotopic (exact) mass is 374 g/mol. The number of aliphatic hydroxyl groups excluding tert-OH is 1. The molecule has 2 rings (SSSR count).